The minimum Gasteiger partial charge on any atom is -0.466 e. The van der Waals surface area contributed by atoms with Crippen molar-refractivity contribution in [2.75, 3.05) is 37.4 Å². The second-order valence-electron chi connectivity index (χ2n) is 7.54. The van der Waals surface area contributed by atoms with E-state index in [9.17, 15) is 4.79 Å². The van der Waals surface area contributed by atoms with Crippen molar-refractivity contribution in [1.82, 2.24) is 20.3 Å². The fourth-order valence-electron chi connectivity index (χ4n) is 3.28. The maximum atomic E-state index is 11.7. The molecule has 0 unspecified atom stereocenters. The van der Waals surface area contributed by atoms with Crippen molar-refractivity contribution in [3.8, 4) is 11.5 Å². The van der Waals surface area contributed by atoms with Gasteiger partial charge in [0.2, 0.25) is 0 Å². The van der Waals surface area contributed by atoms with Crippen molar-refractivity contribution in [2.45, 2.75) is 32.7 Å². The number of carbonyl (C=O) groups excluding carboxylic acids is 1. The van der Waals surface area contributed by atoms with E-state index in [4.69, 9.17) is 9.72 Å². The van der Waals surface area contributed by atoms with E-state index in [1.165, 1.54) is 5.56 Å². The van der Waals surface area contributed by atoms with Crippen molar-refractivity contribution >= 4 is 17.6 Å². The molecule has 0 aliphatic rings. The first kappa shape index (κ1) is 24.1. The first-order chi connectivity index (χ1) is 16.2. The molecule has 0 aliphatic carbocycles. The van der Waals surface area contributed by atoms with Crippen molar-refractivity contribution in [3.63, 3.8) is 0 Å². The molecule has 0 aliphatic heterocycles. The minimum absolute atomic E-state index is 0.238. The molecule has 3 N–H and O–H groups in total. The van der Waals surface area contributed by atoms with Gasteiger partial charge in [0.25, 0.3) is 0 Å². The third kappa shape index (κ3) is 8.16. The molecule has 33 heavy (non-hydrogen) atoms. The summed E-state index contributed by atoms with van der Waals surface area (Å²) in [6.45, 7) is 4.19. The lowest BCUT2D eigenvalue weighted by atomic mass is 10.1. The zero-order chi connectivity index (χ0) is 23.3. The quantitative estimate of drug-likeness (QED) is 0.269. The molecule has 0 spiro atoms. The number of aryl methyl sites for hydroxylation is 1. The Balaban J connectivity index is 1.78. The molecule has 0 amide bonds. The number of anilines is 2. The first-order valence-corrected chi connectivity index (χ1v) is 11.3. The van der Waals surface area contributed by atoms with Crippen molar-refractivity contribution in [2.24, 2.45) is 0 Å². The summed E-state index contributed by atoms with van der Waals surface area (Å²) in [5.74, 6) is 1.60. The predicted molar refractivity (Wildman–Crippen MR) is 131 cm³/mol. The van der Waals surface area contributed by atoms with E-state index >= 15 is 0 Å². The summed E-state index contributed by atoms with van der Waals surface area (Å²) in [5.41, 5.74) is 3.06. The maximum Gasteiger partial charge on any atom is 0.307 e. The number of hydrogen-bond donors (Lipinski definition) is 3. The molecule has 0 radical (unpaired) electrons. The van der Waals surface area contributed by atoms with Crippen molar-refractivity contribution in [3.05, 3.63) is 65.9 Å². The number of rotatable bonds is 13. The van der Waals surface area contributed by atoms with Gasteiger partial charge in [0.05, 0.1) is 13.0 Å². The van der Waals surface area contributed by atoms with E-state index in [0.29, 0.717) is 42.9 Å². The molecule has 0 saturated carbocycles. The fraction of sp³-hybridized carbons (Fsp3) is 0.360. The summed E-state index contributed by atoms with van der Waals surface area (Å²) in [4.78, 5) is 25.5. The first-order valence-electron chi connectivity index (χ1n) is 11.3. The van der Waals surface area contributed by atoms with Crippen molar-refractivity contribution in [1.29, 1.82) is 0 Å². The number of pyridine rings is 1. The van der Waals surface area contributed by atoms with Crippen LogP contribution in [-0.2, 0) is 22.5 Å². The highest BCUT2D eigenvalue weighted by Crippen LogP contribution is 2.21. The third-order valence-electron chi connectivity index (χ3n) is 4.93. The Kier molecular flexibility index (Phi) is 9.60. The molecule has 2 heterocycles. The van der Waals surface area contributed by atoms with Crippen LogP contribution in [0.3, 0.4) is 0 Å². The second kappa shape index (κ2) is 13.1. The smallest absolute Gasteiger partial charge is 0.307 e. The topological polar surface area (TPSA) is 101 Å². The molecule has 0 saturated heterocycles. The van der Waals surface area contributed by atoms with E-state index in [0.717, 1.165) is 24.9 Å². The van der Waals surface area contributed by atoms with Crippen molar-refractivity contribution < 1.29 is 9.53 Å². The number of nitrogens with zero attached hydrogens (tertiary/aromatic N) is 3. The van der Waals surface area contributed by atoms with Crippen LogP contribution in [0.4, 0.5) is 11.6 Å². The molecule has 2 aromatic heterocycles. The lowest BCUT2D eigenvalue weighted by Crippen LogP contribution is -2.13. The normalized spacial score (nSPS) is 10.6. The molecular weight excluding hydrogens is 416 g/mol. The van der Waals surface area contributed by atoms with Gasteiger partial charge in [-0.05, 0) is 56.6 Å². The molecule has 1 aromatic carbocycles. The molecule has 0 bridgehead atoms. The van der Waals surface area contributed by atoms with E-state index in [-0.39, 0.29) is 12.4 Å². The lowest BCUT2D eigenvalue weighted by molar-refractivity contribution is -0.142. The predicted octanol–water partition coefficient (Wildman–Crippen LogP) is 3.67. The largest absolute Gasteiger partial charge is 0.466 e. The van der Waals surface area contributed by atoms with Crippen LogP contribution in [0.25, 0.3) is 11.5 Å². The van der Waals surface area contributed by atoms with Crippen LogP contribution in [-0.4, -0.2) is 47.7 Å². The molecule has 174 valence electrons. The molecule has 8 heteroatoms. The average Bonchev–Trinajstić information content (AvgIpc) is 2.84. The van der Waals surface area contributed by atoms with Crippen LogP contribution in [0.2, 0.25) is 0 Å². The average molecular weight is 449 g/mol. The van der Waals surface area contributed by atoms with Crippen LogP contribution in [0.1, 0.15) is 30.9 Å². The zero-order valence-corrected chi connectivity index (χ0v) is 19.3. The molecule has 3 aromatic rings. The molecule has 8 nitrogen and oxygen atoms in total. The Morgan fingerprint density at radius 1 is 0.970 bits per heavy atom. The van der Waals surface area contributed by atoms with Crippen LogP contribution in [0.5, 0.6) is 0 Å². The Hall–Kier alpha value is -3.52. The SMILES string of the molecule is CCOC(=O)CCNc1cc(NCc2ccccc2)nc(-c2cc(CCCNC)ccn2)n1. The molecular formula is C25H32N6O2. The van der Waals surface area contributed by atoms with Crippen LogP contribution in [0, 0.1) is 0 Å². The van der Waals surface area contributed by atoms with Gasteiger partial charge in [-0.25, -0.2) is 9.97 Å². The zero-order valence-electron chi connectivity index (χ0n) is 19.3. The molecule has 0 fully saturated rings. The van der Waals surface area contributed by atoms with Gasteiger partial charge in [0.1, 0.15) is 17.3 Å². The van der Waals surface area contributed by atoms with E-state index < -0.39 is 0 Å². The number of esters is 1. The number of carbonyl (C=O) groups is 1. The van der Waals surface area contributed by atoms with E-state index in [1.807, 2.05) is 43.4 Å². The lowest BCUT2D eigenvalue weighted by Gasteiger charge is -2.12. The number of aromatic nitrogens is 3. The van der Waals surface area contributed by atoms with Gasteiger partial charge >= 0.3 is 5.97 Å². The number of ether oxygens (including phenoxy) is 1. The monoisotopic (exact) mass is 448 g/mol. The van der Waals surface area contributed by atoms with Gasteiger partial charge in [-0.3, -0.25) is 9.78 Å². The highest BCUT2D eigenvalue weighted by atomic mass is 16.5. The summed E-state index contributed by atoms with van der Waals surface area (Å²) in [6.07, 6.45) is 4.05. The Morgan fingerprint density at radius 3 is 2.52 bits per heavy atom. The molecule has 3 rings (SSSR count). The summed E-state index contributed by atoms with van der Waals surface area (Å²) < 4.78 is 5.00. The number of benzene rings is 1. The second-order valence-corrected chi connectivity index (χ2v) is 7.54. The van der Waals surface area contributed by atoms with E-state index in [1.54, 1.807) is 13.1 Å². The summed E-state index contributed by atoms with van der Waals surface area (Å²) in [7, 11) is 1.95. The summed E-state index contributed by atoms with van der Waals surface area (Å²) in [6, 6.07) is 16.0. The minimum atomic E-state index is -0.238. The van der Waals surface area contributed by atoms with Gasteiger partial charge in [-0.2, -0.15) is 0 Å². The Bertz CT molecular complexity index is 1010. The Labute approximate surface area is 195 Å². The number of nitrogens with one attached hydrogen (secondary N) is 3. The maximum absolute atomic E-state index is 11.7. The third-order valence-corrected chi connectivity index (χ3v) is 4.93. The Morgan fingerprint density at radius 2 is 1.76 bits per heavy atom. The van der Waals surface area contributed by atoms with E-state index in [2.05, 4.69) is 38.1 Å². The van der Waals surface area contributed by atoms with Gasteiger partial charge in [-0.1, -0.05) is 30.3 Å². The van der Waals surface area contributed by atoms with Gasteiger partial charge in [-0.15, -0.1) is 0 Å². The number of hydrogen-bond acceptors (Lipinski definition) is 8. The highest BCUT2D eigenvalue weighted by Gasteiger charge is 2.10. The van der Waals surface area contributed by atoms with Crippen LogP contribution in [0.15, 0.2) is 54.7 Å². The van der Waals surface area contributed by atoms with Gasteiger partial charge < -0.3 is 20.7 Å². The van der Waals surface area contributed by atoms with Gasteiger partial charge in [0, 0.05) is 25.4 Å². The highest BCUT2D eigenvalue weighted by molar-refractivity contribution is 5.70. The van der Waals surface area contributed by atoms with Gasteiger partial charge in [0.15, 0.2) is 5.82 Å². The van der Waals surface area contributed by atoms with Crippen LogP contribution < -0.4 is 16.0 Å². The standard InChI is InChI=1S/C25H32N6O2/c1-3-33-24(32)12-15-28-22-17-23(29-18-20-8-5-4-6-9-20)31-25(30-22)21-16-19(11-14-27-21)10-7-13-26-2/h4-6,8-9,11,14,16-17,26H,3,7,10,12-13,15,18H2,1-2H3,(H2,28,29,30,31). The fourth-order valence-corrected chi connectivity index (χ4v) is 3.28. The summed E-state index contributed by atoms with van der Waals surface area (Å²) in [5, 5.41) is 9.75. The van der Waals surface area contributed by atoms with Crippen LogP contribution >= 0.6 is 0 Å². The molecule has 0 atom stereocenters. The summed E-state index contributed by atoms with van der Waals surface area (Å²) >= 11 is 0.